The maximum atomic E-state index is 15.0. The van der Waals surface area contributed by atoms with Gasteiger partial charge in [0.2, 0.25) is 33.3 Å². The van der Waals surface area contributed by atoms with E-state index in [0.29, 0.717) is 48.6 Å². The second kappa shape index (κ2) is 16.7. The molecule has 59 heavy (non-hydrogen) atoms. The number of carbonyl (C=O) groups is 4. The van der Waals surface area contributed by atoms with Gasteiger partial charge in [0.05, 0.1) is 48.4 Å². The van der Waals surface area contributed by atoms with Gasteiger partial charge in [-0.1, -0.05) is 37.3 Å². The van der Waals surface area contributed by atoms with Gasteiger partial charge < -0.3 is 23.8 Å². The predicted molar refractivity (Wildman–Crippen MR) is 210 cm³/mol. The Bertz CT molecular complexity index is 2090. The third-order valence-corrected chi connectivity index (χ3v) is 14.8. The molecule has 0 radical (unpaired) electrons. The number of amides is 2. The van der Waals surface area contributed by atoms with Crippen molar-refractivity contribution in [3.05, 3.63) is 42.6 Å². The minimum atomic E-state index is -4.89. The molecule has 2 amide bonds. The Morgan fingerprint density at radius 1 is 1.07 bits per heavy atom. The highest BCUT2D eigenvalue weighted by molar-refractivity contribution is 7.91. The SMILES string of the molecule is COC[C@@H]1C[C@@H](C)CC/C=C\[C@@H]2C[C@@]2(C(=O)NS(=O)(=O)C2(C)CC2)CC(=O)[C@@H]2C[C@@H](Oc3ncc(OC)c4ccccc34)CN2C(=O)[C@H]1CC(=O)OC(C)(C)C(F)(F)F. The molecule has 0 bridgehead atoms. The number of sulfonamides is 1. The summed E-state index contributed by atoms with van der Waals surface area (Å²) in [6.07, 6.45) is 0.886. The summed E-state index contributed by atoms with van der Waals surface area (Å²) in [7, 11) is -1.11. The summed E-state index contributed by atoms with van der Waals surface area (Å²) in [5.41, 5.74) is -4.24. The number of Topliss-reactive ketones (excluding diaryl/α,β-unsaturated/α-hetero) is 1. The van der Waals surface area contributed by atoms with Crippen LogP contribution in [0, 0.1) is 29.1 Å². The van der Waals surface area contributed by atoms with Crippen LogP contribution in [-0.2, 0) is 38.7 Å². The highest BCUT2D eigenvalue weighted by Gasteiger charge is 2.63. The van der Waals surface area contributed by atoms with E-state index in [2.05, 4.69) is 9.71 Å². The molecule has 324 valence electrons. The molecule has 3 heterocycles. The molecule has 0 spiro atoms. The van der Waals surface area contributed by atoms with Gasteiger partial charge in [0.1, 0.15) is 11.9 Å². The molecule has 7 atom stereocenters. The average molecular weight is 850 g/mol. The lowest BCUT2D eigenvalue weighted by molar-refractivity contribution is -0.257. The van der Waals surface area contributed by atoms with Crippen molar-refractivity contribution >= 4 is 44.4 Å². The Hall–Kier alpha value is -4.25. The third-order valence-electron chi connectivity index (χ3n) is 12.6. The van der Waals surface area contributed by atoms with E-state index < -0.39 is 98.3 Å². The van der Waals surface area contributed by atoms with E-state index >= 15 is 4.79 Å². The highest BCUT2D eigenvalue weighted by atomic mass is 32.2. The first-order chi connectivity index (χ1) is 27.6. The van der Waals surface area contributed by atoms with Crippen LogP contribution in [0.15, 0.2) is 42.6 Å². The van der Waals surface area contributed by atoms with Crippen LogP contribution in [0.1, 0.15) is 85.5 Å². The van der Waals surface area contributed by atoms with Gasteiger partial charge in [-0.2, -0.15) is 13.2 Å². The van der Waals surface area contributed by atoms with Crippen molar-refractivity contribution < 1.29 is 59.7 Å². The summed E-state index contributed by atoms with van der Waals surface area (Å²) >= 11 is 0. The van der Waals surface area contributed by atoms with Crippen molar-refractivity contribution in [2.24, 2.45) is 29.1 Å². The van der Waals surface area contributed by atoms with Crippen LogP contribution in [0.4, 0.5) is 13.2 Å². The maximum absolute atomic E-state index is 15.0. The monoisotopic (exact) mass is 849 g/mol. The normalized spacial score (nSPS) is 29.3. The number of allylic oxidation sites excluding steroid dienone is 2. The number of aromatic nitrogens is 1. The zero-order valence-electron chi connectivity index (χ0n) is 34.3. The average Bonchev–Trinajstić information content (AvgIpc) is 4.04. The van der Waals surface area contributed by atoms with Gasteiger partial charge >= 0.3 is 12.1 Å². The molecule has 3 fully saturated rings. The molecule has 13 nitrogen and oxygen atoms in total. The topological polar surface area (TPSA) is 167 Å². The molecule has 1 saturated heterocycles. The molecular weight excluding hydrogens is 796 g/mol. The summed E-state index contributed by atoms with van der Waals surface area (Å²) in [6.45, 7) is 4.79. The van der Waals surface area contributed by atoms with E-state index in [4.69, 9.17) is 18.9 Å². The van der Waals surface area contributed by atoms with Crippen LogP contribution in [0.3, 0.4) is 0 Å². The fourth-order valence-electron chi connectivity index (χ4n) is 8.41. The van der Waals surface area contributed by atoms with Gasteiger partial charge in [-0.3, -0.25) is 23.9 Å². The molecule has 2 aromatic rings. The Morgan fingerprint density at radius 2 is 1.76 bits per heavy atom. The minimum absolute atomic E-state index is 0.0145. The van der Waals surface area contributed by atoms with Gasteiger partial charge in [0.15, 0.2) is 5.78 Å². The highest BCUT2D eigenvalue weighted by Crippen LogP contribution is 2.58. The molecule has 1 aromatic heterocycles. The first kappa shape index (κ1) is 44.3. The van der Waals surface area contributed by atoms with E-state index in [-0.39, 0.29) is 37.8 Å². The molecule has 6 rings (SSSR count). The summed E-state index contributed by atoms with van der Waals surface area (Å²) in [5, 5.41) is 1.30. The predicted octanol–water partition coefficient (Wildman–Crippen LogP) is 6.08. The third kappa shape index (κ3) is 9.25. The number of esters is 1. The van der Waals surface area contributed by atoms with Crippen LogP contribution >= 0.6 is 0 Å². The second-order valence-corrected chi connectivity index (χ2v) is 19.7. The van der Waals surface area contributed by atoms with E-state index in [1.807, 2.05) is 31.2 Å². The molecule has 1 N–H and O–H groups in total. The number of ether oxygens (including phenoxy) is 4. The van der Waals surface area contributed by atoms with Gasteiger partial charge in [0.25, 0.3) is 0 Å². The molecule has 2 aliphatic heterocycles. The van der Waals surface area contributed by atoms with E-state index in [0.717, 1.165) is 13.8 Å². The smallest absolute Gasteiger partial charge is 0.427 e. The molecule has 0 unspecified atom stereocenters. The lowest BCUT2D eigenvalue weighted by atomic mass is 9.81. The summed E-state index contributed by atoms with van der Waals surface area (Å²) in [5.74, 6) is -4.96. The van der Waals surface area contributed by atoms with Gasteiger partial charge in [-0.25, -0.2) is 13.4 Å². The number of nitrogens with one attached hydrogen (secondary N) is 1. The zero-order valence-corrected chi connectivity index (χ0v) is 35.1. The summed E-state index contributed by atoms with van der Waals surface area (Å²) in [6, 6.07) is 6.01. The standard InChI is InChI=1S/C42H54F3N3O10S/c1-25-11-7-8-12-27-20-41(27,38(52)47-59(53,54)40(4)15-16-40)21-33(49)32-18-28(57-36-30-14-10-9-13-29(30)34(56-6)22-46-36)23-48(32)37(51)31(26(17-25)24-55-5)19-35(50)58-39(2,3)42(43,44)45/h8-10,12-14,22,25-28,31-32H,7,11,15-21,23-24H2,1-6H3,(H,47,52)/b12-8-/t25-,26-,27+,28+,31-,32-,41+/m0/s1. The number of methoxy groups -OCH3 is 2. The second-order valence-electron chi connectivity index (χ2n) is 17.5. The zero-order chi connectivity index (χ0) is 43.1. The van der Waals surface area contributed by atoms with E-state index in [9.17, 15) is 36.0 Å². The molecule has 2 aliphatic carbocycles. The van der Waals surface area contributed by atoms with Crippen molar-refractivity contribution in [2.75, 3.05) is 27.4 Å². The van der Waals surface area contributed by atoms with Crippen molar-refractivity contribution in [1.29, 1.82) is 0 Å². The number of pyridine rings is 1. The number of benzene rings is 1. The van der Waals surface area contributed by atoms with Gasteiger partial charge in [-0.15, -0.1) is 0 Å². The van der Waals surface area contributed by atoms with Gasteiger partial charge in [-0.05, 0) is 83.1 Å². The van der Waals surface area contributed by atoms with Crippen molar-refractivity contribution in [3.8, 4) is 11.6 Å². The lowest BCUT2D eigenvalue weighted by Gasteiger charge is -2.34. The fraction of sp³-hybridized carbons (Fsp3) is 0.643. The molecule has 1 aromatic carbocycles. The first-order valence-electron chi connectivity index (χ1n) is 20.1. The number of carbonyl (C=O) groups excluding carboxylic acids is 4. The van der Waals surface area contributed by atoms with Crippen LogP contribution in [0.5, 0.6) is 11.6 Å². The number of hydrogen-bond acceptors (Lipinski definition) is 11. The number of nitrogens with zero attached hydrogens (tertiary/aromatic N) is 2. The molecule has 2 saturated carbocycles. The number of hydrogen-bond donors (Lipinski definition) is 1. The van der Waals surface area contributed by atoms with Crippen LogP contribution < -0.4 is 14.2 Å². The van der Waals surface area contributed by atoms with E-state index in [1.165, 1.54) is 25.3 Å². The minimum Gasteiger partial charge on any atom is -0.494 e. The Kier molecular flexibility index (Phi) is 12.5. The summed E-state index contributed by atoms with van der Waals surface area (Å²) in [4.78, 5) is 62.9. The number of alkyl halides is 3. The van der Waals surface area contributed by atoms with Crippen molar-refractivity contribution in [1.82, 2.24) is 14.6 Å². The number of fused-ring (bicyclic) bond motifs is 3. The number of rotatable bonds is 11. The first-order valence-corrected chi connectivity index (χ1v) is 21.6. The Labute approximate surface area is 342 Å². The quantitative estimate of drug-likeness (QED) is 0.206. The van der Waals surface area contributed by atoms with Crippen molar-refractivity contribution in [2.45, 2.75) is 114 Å². The molecular formula is C42H54F3N3O10S. The maximum Gasteiger partial charge on any atom is 0.427 e. The Balaban J connectivity index is 1.38. The number of halogens is 3. The van der Waals surface area contributed by atoms with Crippen molar-refractivity contribution in [3.63, 3.8) is 0 Å². The lowest BCUT2D eigenvalue weighted by Crippen LogP contribution is -2.49. The molecule has 4 aliphatic rings. The van der Waals surface area contributed by atoms with Crippen LogP contribution in [0.25, 0.3) is 10.8 Å². The number of ketones is 1. The van der Waals surface area contributed by atoms with Crippen LogP contribution in [0.2, 0.25) is 0 Å². The van der Waals surface area contributed by atoms with Crippen LogP contribution in [-0.4, -0.2) is 97.9 Å². The largest absolute Gasteiger partial charge is 0.494 e. The summed E-state index contributed by atoms with van der Waals surface area (Å²) < 4.78 is 91.7. The van der Waals surface area contributed by atoms with Gasteiger partial charge in [0, 0.05) is 37.3 Å². The molecule has 17 heteroatoms. The fourth-order valence-corrected chi connectivity index (χ4v) is 9.74. The van der Waals surface area contributed by atoms with E-state index in [1.54, 1.807) is 19.1 Å². The Morgan fingerprint density at radius 3 is 2.41 bits per heavy atom.